The van der Waals surface area contributed by atoms with Gasteiger partial charge in [-0.15, -0.1) is 0 Å². The molecule has 3 aromatic rings. The van der Waals surface area contributed by atoms with E-state index in [4.69, 9.17) is 10.5 Å². The molecule has 1 fully saturated rings. The Bertz CT molecular complexity index is 1260. The quantitative estimate of drug-likeness (QED) is 0.128. The number of fused-ring (bicyclic) bond motifs is 1. The zero-order chi connectivity index (χ0) is 23.9. The van der Waals surface area contributed by atoms with Crippen LogP contribution >= 0.6 is 15.9 Å². The zero-order valence-corrected chi connectivity index (χ0v) is 18.2. The minimum Gasteiger partial charge on any atom is -0.595 e. The lowest BCUT2D eigenvalue weighted by Gasteiger charge is -2.18. The summed E-state index contributed by atoms with van der Waals surface area (Å²) in [5, 5.41) is 53.4. The summed E-state index contributed by atoms with van der Waals surface area (Å²) in [5.41, 5.74) is 7.86. The number of hydrogen-bond acceptors (Lipinski definition) is 12. The first-order valence-corrected chi connectivity index (χ1v) is 10.2. The molecule has 33 heavy (non-hydrogen) atoms. The van der Waals surface area contributed by atoms with E-state index in [0.717, 1.165) is 0 Å². The van der Waals surface area contributed by atoms with Crippen LogP contribution in [0.15, 0.2) is 32.6 Å². The summed E-state index contributed by atoms with van der Waals surface area (Å²) in [6, 6.07) is 4.55. The molecule has 9 N–H and O–H groups in total. The topological polar surface area (TPSA) is 232 Å². The molecule has 1 aromatic carbocycles. The molecule has 0 bridgehead atoms. The second kappa shape index (κ2) is 9.12. The van der Waals surface area contributed by atoms with Gasteiger partial charge in [0.15, 0.2) is 23.1 Å². The van der Waals surface area contributed by atoms with Crippen molar-refractivity contribution in [1.29, 1.82) is 0 Å². The number of nitrogens with zero attached hydrogens (tertiary/aromatic N) is 4. The van der Waals surface area contributed by atoms with Crippen LogP contribution in [0.2, 0.25) is 0 Å². The summed E-state index contributed by atoms with van der Waals surface area (Å²) in [6.07, 6.45) is -3.96. The molecular formula is C17H19BrN8O7. The molecule has 0 radical (unpaired) electrons. The van der Waals surface area contributed by atoms with Gasteiger partial charge in [-0.05, 0) is 22.0 Å². The van der Waals surface area contributed by atoms with Gasteiger partial charge in [0.05, 0.1) is 17.3 Å². The smallest absolute Gasteiger partial charge is 0.280 e. The number of aromatic nitrogens is 4. The van der Waals surface area contributed by atoms with Crippen LogP contribution in [0.25, 0.3) is 11.2 Å². The Morgan fingerprint density at radius 1 is 1.39 bits per heavy atom. The molecule has 0 spiro atoms. The third-order valence-electron chi connectivity index (χ3n) is 4.94. The highest BCUT2D eigenvalue weighted by Gasteiger charge is 2.45. The number of quaternary nitrogens is 1. The van der Waals surface area contributed by atoms with Gasteiger partial charge in [0.2, 0.25) is 11.9 Å². The lowest BCUT2D eigenvalue weighted by atomic mass is 10.1. The average Bonchev–Trinajstić information content (AvgIpc) is 3.26. The highest BCUT2D eigenvalue weighted by Crippen LogP contribution is 2.34. The van der Waals surface area contributed by atoms with Crippen molar-refractivity contribution in [2.75, 3.05) is 17.8 Å². The van der Waals surface area contributed by atoms with Gasteiger partial charge in [-0.25, -0.2) is 15.6 Å². The first kappa shape index (κ1) is 23.2. The maximum absolute atomic E-state index is 12.3. The second-order valence-electron chi connectivity index (χ2n) is 7.07. The Labute approximate surface area is 192 Å². The molecule has 1 aliphatic rings. The second-order valence-corrected chi connectivity index (χ2v) is 7.93. The van der Waals surface area contributed by atoms with Crippen LogP contribution in [0, 0.1) is 5.21 Å². The molecule has 15 nitrogen and oxygen atoms in total. The predicted octanol–water partition coefficient (Wildman–Crippen LogP) is -2.07. The number of nitrogens with two attached hydrogens (primary N) is 1. The van der Waals surface area contributed by atoms with Crippen molar-refractivity contribution in [3.05, 3.63) is 43.8 Å². The van der Waals surface area contributed by atoms with Crippen molar-refractivity contribution in [2.45, 2.75) is 24.5 Å². The monoisotopic (exact) mass is 526 g/mol. The molecule has 3 heterocycles. The fourth-order valence-corrected chi connectivity index (χ4v) is 3.78. The van der Waals surface area contributed by atoms with Gasteiger partial charge < -0.3 is 31.0 Å². The molecule has 1 saturated heterocycles. The Morgan fingerprint density at radius 2 is 2.15 bits per heavy atom. The van der Waals surface area contributed by atoms with E-state index in [9.17, 15) is 30.5 Å². The van der Waals surface area contributed by atoms with E-state index in [1.165, 1.54) is 16.8 Å². The number of hydrogen-bond donors (Lipinski definition) is 8. The van der Waals surface area contributed by atoms with Gasteiger partial charge >= 0.3 is 0 Å². The standard InChI is InChI=1S/C17H19BrN8O7/c18-7-2-1-6(3-8(7)26(31)32)4-20-24-17-21-10-13(22-16(19)23-14(10)30)25(17)15-12(29)11(28)9(5-27)33-15/h1-4,9,11-12,15,26-29,31H,5H2,(H,21,24)(H3,19,22,23,30). The number of nitrogen functional groups attached to an aromatic ring is 1. The van der Waals surface area contributed by atoms with E-state index in [1.54, 1.807) is 12.1 Å². The molecule has 16 heteroatoms. The Morgan fingerprint density at radius 3 is 2.82 bits per heavy atom. The minimum atomic E-state index is -1.49. The largest absolute Gasteiger partial charge is 0.595 e. The summed E-state index contributed by atoms with van der Waals surface area (Å²) in [4.78, 5) is 22.8. The van der Waals surface area contributed by atoms with Crippen molar-refractivity contribution in [3.63, 3.8) is 0 Å². The lowest BCUT2D eigenvalue weighted by molar-refractivity contribution is -0.991. The van der Waals surface area contributed by atoms with E-state index in [2.05, 4.69) is 41.4 Å². The number of ether oxygens (including phenoxy) is 1. The number of nitrogens with one attached hydrogen (secondary N) is 3. The number of imidazole rings is 1. The summed E-state index contributed by atoms with van der Waals surface area (Å²) >= 11 is 3.16. The number of hydrazone groups is 1. The molecule has 1 aliphatic heterocycles. The van der Waals surface area contributed by atoms with Gasteiger partial charge in [-0.3, -0.25) is 14.3 Å². The van der Waals surface area contributed by atoms with Gasteiger partial charge in [-0.2, -0.15) is 15.3 Å². The summed E-state index contributed by atoms with van der Waals surface area (Å²) in [5.74, 6) is -0.304. The van der Waals surface area contributed by atoms with Crippen molar-refractivity contribution in [2.24, 2.45) is 5.10 Å². The Kier molecular flexibility index (Phi) is 6.41. The SMILES string of the molecule is Nc1nc2c(nc(NN=Cc3ccc(Br)c([NH+]([O-])O)c3)n2C2OC(CO)C(O)C2O)c(=O)[nH]1. The molecule has 0 amide bonds. The average molecular weight is 527 g/mol. The van der Waals surface area contributed by atoms with E-state index in [1.807, 2.05) is 0 Å². The highest BCUT2D eigenvalue weighted by atomic mass is 79.9. The molecule has 2 aromatic heterocycles. The van der Waals surface area contributed by atoms with Crippen LogP contribution in [-0.2, 0) is 4.74 Å². The fourth-order valence-electron chi connectivity index (χ4n) is 3.37. The number of aliphatic hydroxyl groups excluding tert-OH is 3. The fraction of sp³-hybridized carbons (Fsp3) is 0.294. The number of benzene rings is 1. The molecule has 5 unspecified atom stereocenters. The maximum atomic E-state index is 12.3. The number of H-pyrrole nitrogens is 1. The van der Waals surface area contributed by atoms with Crippen LogP contribution < -0.4 is 21.9 Å². The van der Waals surface area contributed by atoms with E-state index >= 15 is 0 Å². The number of rotatable bonds is 6. The van der Waals surface area contributed by atoms with Gasteiger partial charge in [0.25, 0.3) is 5.56 Å². The van der Waals surface area contributed by atoms with Crippen molar-refractivity contribution >= 4 is 50.9 Å². The zero-order valence-electron chi connectivity index (χ0n) is 16.6. The third-order valence-corrected chi connectivity index (χ3v) is 5.63. The summed E-state index contributed by atoms with van der Waals surface area (Å²) in [7, 11) is 0. The van der Waals surface area contributed by atoms with Crippen LogP contribution in [0.1, 0.15) is 11.8 Å². The molecule has 4 rings (SSSR count). The number of halogens is 1. The van der Waals surface area contributed by atoms with E-state index in [0.29, 0.717) is 10.0 Å². The van der Waals surface area contributed by atoms with Crippen LogP contribution in [0.4, 0.5) is 17.6 Å². The van der Waals surface area contributed by atoms with Crippen LogP contribution in [0.3, 0.4) is 0 Å². The third kappa shape index (κ3) is 4.33. The normalized spacial score (nSPS) is 24.1. The number of aliphatic hydroxyl groups is 3. The summed E-state index contributed by atoms with van der Waals surface area (Å²) in [6.45, 7) is -0.562. The lowest BCUT2D eigenvalue weighted by Crippen LogP contribution is -2.99. The number of aromatic amines is 1. The molecule has 0 saturated carbocycles. The van der Waals surface area contributed by atoms with Crippen LogP contribution in [0.5, 0.6) is 0 Å². The highest BCUT2D eigenvalue weighted by molar-refractivity contribution is 9.10. The Balaban J connectivity index is 1.73. The van der Waals surface area contributed by atoms with Crippen molar-refractivity contribution < 1.29 is 30.5 Å². The van der Waals surface area contributed by atoms with Crippen molar-refractivity contribution in [3.8, 4) is 0 Å². The molecular weight excluding hydrogens is 508 g/mol. The minimum absolute atomic E-state index is 0.0314. The van der Waals surface area contributed by atoms with Gasteiger partial charge in [0.1, 0.15) is 18.3 Å². The van der Waals surface area contributed by atoms with E-state index < -0.39 is 41.9 Å². The number of anilines is 2. The van der Waals surface area contributed by atoms with Crippen LogP contribution in [-0.4, -0.2) is 71.2 Å². The first-order chi connectivity index (χ1) is 15.7. The van der Waals surface area contributed by atoms with Gasteiger partial charge in [-0.1, -0.05) is 6.07 Å². The molecule has 5 atom stereocenters. The predicted molar refractivity (Wildman–Crippen MR) is 117 cm³/mol. The molecule has 176 valence electrons. The van der Waals surface area contributed by atoms with Gasteiger partial charge in [0, 0.05) is 11.6 Å². The first-order valence-electron chi connectivity index (χ1n) is 9.43. The molecule has 0 aliphatic carbocycles. The van der Waals surface area contributed by atoms with E-state index in [-0.39, 0.29) is 28.7 Å². The van der Waals surface area contributed by atoms with Crippen molar-refractivity contribution in [1.82, 2.24) is 19.5 Å². The maximum Gasteiger partial charge on any atom is 0.280 e. The Hall–Kier alpha value is -2.96. The summed E-state index contributed by atoms with van der Waals surface area (Å²) < 4.78 is 7.13.